The fourth-order valence-electron chi connectivity index (χ4n) is 1.51. The molecule has 0 bridgehead atoms. The summed E-state index contributed by atoms with van der Waals surface area (Å²) in [5.74, 6) is 0.190. The van der Waals surface area contributed by atoms with Gasteiger partial charge in [-0.3, -0.25) is 10.1 Å². The Morgan fingerprint density at radius 2 is 2.15 bits per heavy atom. The molecule has 1 atom stereocenters. The normalized spacial score (nSPS) is 11.7. The summed E-state index contributed by atoms with van der Waals surface area (Å²) in [7, 11) is 0. The standard InChI is InChI=1S/C14H13N3O2S/c1-9-7-13(19-17-9)16-14(18)10(2)20-12-5-3-11(8-15)4-6-12/h3-7,10H,1-2H3,(H,16,18)/t10-/m1/s1. The molecule has 1 amide bonds. The van der Waals surface area contributed by atoms with Gasteiger partial charge in [-0.1, -0.05) is 5.16 Å². The van der Waals surface area contributed by atoms with E-state index in [0.29, 0.717) is 17.1 Å². The van der Waals surface area contributed by atoms with E-state index < -0.39 is 0 Å². The number of thioether (sulfide) groups is 1. The van der Waals surface area contributed by atoms with Crippen molar-refractivity contribution in [3.63, 3.8) is 0 Å². The summed E-state index contributed by atoms with van der Waals surface area (Å²) in [5.41, 5.74) is 1.32. The predicted octanol–water partition coefficient (Wildman–Crippen LogP) is 2.97. The third-order valence-corrected chi connectivity index (χ3v) is 3.65. The minimum atomic E-state index is -0.284. The van der Waals surface area contributed by atoms with Gasteiger partial charge in [0.15, 0.2) is 0 Å². The molecule has 0 aliphatic carbocycles. The van der Waals surface area contributed by atoms with Gasteiger partial charge >= 0.3 is 0 Å². The number of carbonyl (C=O) groups excluding carboxylic acids is 1. The average Bonchev–Trinajstić information content (AvgIpc) is 2.85. The van der Waals surface area contributed by atoms with Crippen LogP contribution in [-0.4, -0.2) is 16.3 Å². The topological polar surface area (TPSA) is 78.9 Å². The Balaban J connectivity index is 1.95. The average molecular weight is 287 g/mol. The lowest BCUT2D eigenvalue weighted by atomic mass is 10.2. The van der Waals surface area contributed by atoms with Gasteiger partial charge in [-0.15, -0.1) is 11.8 Å². The number of amides is 1. The lowest BCUT2D eigenvalue weighted by Gasteiger charge is -2.10. The first-order valence-electron chi connectivity index (χ1n) is 5.99. The van der Waals surface area contributed by atoms with Gasteiger partial charge in [0.1, 0.15) is 0 Å². The van der Waals surface area contributed by atoms with Crippen molar-refractivity contribution in [2.75, 3.05) is 5.32 Å². The highest BCUT2D eigenvalue weighted by molar-refractivity contribution is 8.00. The van der Waals surface area contributed by atoms with Crippen LogP contribution in [0, 0.1) is 18.3 Å². The van der Waals surface area contributed by atoms with E-state index >= 15 is 0 Å². The van der Waals surface area contributed by atoms with Crippen molar-refractivity contribution in [2.24, 2.45) is 0 Å². The van der Waals surface area contributed by atoms with Crippen molar-refractivity contribution < 1.29 is 9.32 Å². The van der Waals surface area contributed by atoms with E-state index in [9.17, 15) is 4.79 Å². The van der Waals surface area contributed by atoms with E-state index in [4.69, 9.17) is 9.78 Å². The molecule has 2 rings (SSSR count). The van der Waals surface area contributed by atoms with Gasteiger partial charge in [0.05, 0.1) is 22.6 Å². The lowest BCUT2D eigenvalue weighted by Crippen LogP contribution is -2.22. The molecule has 0 fully saturated rings. The number of rotatable bonds is 4. The molecular weight excluding hydrogens is 274 g/mol. The van der Waals surface area contributed by atoms with Crippen LogP contribution in [0.1, 0.15) is 18.2 Å². The van der Waals surface area contributed by atoms with Crippen LogP contribution in [-0.2, 0) is 4.79 Å². The first kappa shape index (κ1) is 14.2. The van der Waals surface area contributed by atoms with Crippen molar-refractivity contribution in [2.45, 2.75) is 24.0 Å². The summed E-state index contributed by atoms with van der Waals surface area (Å²) in [6.45, 7) is 3.59. The van der Waals surface area contributed by atoms with E-state index in [-0.39, 0.29) is 11.2 Å². The molecule has 2 aromatic rings. The van der Waals surface area contributed by atoms with Crippen molar-refractivity contribution >= 4 is 23.6 Å². The maximum Gasteiger partial charge on any atom is 0.239 e. The van der Waals surface area contributed by atoms with Crippen molar-refractivity contribution in [3.05, 3.63) is 41.6 Å². The van der Waals surface area contributed by atoms with Crippen LogP contribution in [0.4, 0.5) is 5.88 Å². The minimum absolute atomic E-state index is 0.157. The number of nitrogens with zero attached hydrogens (tertiary/aromatic N) is 2. The summed E-state index contributed by atoms with van der Waals surface area (Å²) in [6.07, 6.45) is 0. The van der Waals surface area contributed by atoms with Crippen LogP contribution in [0.2, 0.25) is 0 Å². The van der Waals surface area contributed by atoms with Gasteiger partial charge in [-0.05, 0) is 38.1 Å². The van der Waals surface area contributed by atoms with Gasteiger partial charge in [0.25, 0.3) is 0 Å². The number of hydrogen-bond acceptors (Lipinski definition) is 5. The Bertz CT molecular complexity index is 643. The van der Waals surface area contributed by atoms with E-state index in [0.717, 1.165) is 4.90 Å². The molecule has 102 valence electrons. The molecule has 0 unspecified atom stereocenters. The van der Waals surface area contributed by atoms with Gasteiger partial charge < -0.3 is 4.52 Å². The van der Waals surface area contributed by atoms with Crippen molar-refractivity contribution in [1.29, 1.82) is 5.26 Å². The zero-order valence-electron chi connectivity index (χ0n) is 11.1. The molecule has 1 aromatic carbocycles. The highest BCUT2D eigenvalue weighted by Gasteiger charge is 2.16. The molecule has 0 radical (unpaired) electrons. The van der Waals surface area contributed by atoms with Crippen LogP contribution in [0.25, 0.3) is 0 Å². The summed E-state index contributed by atoms with van der Waals surface area (Å²) in [6, 6.07) is 10.8. The van der Waals surface area contributed by atoms with Crippen LogP contribution < -0.4 is 5.32 Å². The number of hydrogen-bond donors (Lipinski definition) is 1. The van der Waals surface area contributed by atoms with Gasteiger partial charge in [-0.2, -0.15) is 5.26 Å². The van der Waals surface area contributed by atoms with Gasteiger partial charge in [0.2, 0.25) is 11.8 Å². The SMILES string of the molecule is Cc1cc(NC(=O)[C@@H](C)Sc2ccc(C#N)cc2)on1. The van der Waals surface area contributed by atoms with E-state index in [1.165, 1.54) is 11.8 Å². The summed E-state index contributed by atoms with van der Waals surface area (Å²) in [4.78, 5) is 12.9. The second-order valence-corrected chi connectivity index (χ2v) is 5.63. The van der Waals surface area contributed by atoms with E-state index in [1.807, 2.05) is 12.1 Å². The minimum Gasteiger partial charge on any atom is -0.338 e. The predicted molar refractivity (Wildman–Crippen MR) is 76.3 cm³/mol. The van der Waals surface area contributed by atoms with Crippen molar-refractivity contribution in [3.8, 4) is 6.07 Å². The Morgan fingerprint density at radius 3 is 2.70 bits per heavy atom. The Morgan fingerprint density at radius 1 is 1.45 bits per heavy atom. The first-order chi connectivity index (χ1) is 9.58. The first-order valence-corrected chi connectivity index (χ1v) is 6.87. The Kier molecular flexibility index (Phi) is 4.43. The zero-order chi connectivity index (χ0) is 14.5. The highest BCUT2D eigenvalue weighted by atomic mass is 32.2. The summed E-state index contributed by atoms with van der Waals surface area (Å²) in [5, 5.41) is 14.8. The molecule has 0 aliphatic rings. The fraction of sp³-hybridized carbons (Fsp3) is 0.214. The molecule has 0 saturated carbocycles. The smallest absolute Gasteiger partial charge is 0.239 e. The molecular formula is C14H13N3O2S. The molecule has 1 N–H and O–H groups in total. The number of aromatic nitrogens is 1. The molecule has 0 spiro atoms. The number of nitriles is 1. The maximum absolute atomic E-state index is 12.0. The van der Waals surface area contributed by atoms with Crippen LogP contribution in [0.5, 0.6) is 0 Å². The number of carbonyl (C=O) groups is 1. The number of anilines is 1. The molecule has 6 heteroatoms. The zero-order valence-corrected chi connectivity index (χ0v) is 11.9. The Labute approximate surface area is 121 Å². The number of aryl methyl sites for hydroxylation is 1. The highest BCUT2D eigenvalue weighted by Crippen LogP contribution is 2.24. The van der Waals surface area contributed by atoms with Gasteiger partial charge in [-0.25, -0.2) is 0 Å². The second-order valence-electron chi connectivity index (χ2n) is 4.22. The number of benzene rings is 1. The molecule has 20 heavy (non-hydrogen) atoms. The monoisotopic (exact) mass is 287 g/mol. The molecule has 5 nitrogen and oxygen atoms in total. The van der Waals surface area contributed by atoms with E-state index in [1.54, 1.807) is 32.0 Å². The summed E-state index contributed by atoms with van der Waals surface area (Å²) < 4.78 is 4.94. The molecule has 1 heterocycles. The molecule has 1 aromatic heterocycles. The van der Waals surface area contributed by atoms with Gasteiger partial charge in [0, 0.05) is 11.0 Å². The third-order valence-electron chi connectivity index (χ3n) is 2.54. The number of nitrogens with one attached hydrogen (secondary N) is 1. The van der Waals surface area contributed by atoms with E-state index in [2.05, 4.69) is 16.5 Å². The van der Waals surface area contributed by atoms with Crippen LogP contribution in [0.3, 0.4) is 0 Å². The summed E-state index contributed by atoms with van der Waals surface area (Å²) >= 11 is 1.41. The van der Waals surface area contributed by atoms with Crippen molar-refractivity contribution in [1.82, 2.24) is 5.16 Å². The lowest BCUT2D eigenvalue weighted by molar-refractivity contribution is -0.115. The fourth-order valence-corrected chi connectivity index (χ4v) is 2.38. The van der Waals surface area contributed by atoms with Crippen LogP contribution >= 0.6 is 11.8 Å². The molecule has 0 saturated heterocycles. The second kappa shape index (κ2) is 6.26. The largest absolute Gasteiger partial charge is 0.338 e. The van der Waals surface area contributed by atoms with Crippen LogP contribution in [0.15, 0.2) is 39.8 Å². The quantitative estimate of drug-likeness (QED) is 0.874. The maximum atomic E-state index is 12.0. The molecule has 0 aliphatic heterocycles. The third kappa shape index (κ3) is 3.62. The Hall–Kier alpha value is -2.26.